The number of halogens is 2. The summed E-state index contributed by atoms with van der Waals surface area (Å²) >= 11 is 0. The van der Waals surface area contributed by atoms with Gasteiger partial charge >= 0.3 is 0 Å². The molecule has 2 fully saturated rings. The van der Waals surface area contributed by atoms with Crippen molar-refractivity contribution < 1.29 is 8.78 Å². The lowest BCUT2D eigenvalue weighted by molar-refractivity contribution is -0.0545. The Bertz CT molecular complexity index is 1080. The smallest absolute Gasteiger partial charge is 0.248 e. The summed E-state index contributed by atoms with van der Waals surface area (Å²) in [6.07, 6.45) is 23.6. The third-order valence-corrected chi connectivity index (χ3v) is 8.93. The average molecular weight is 661 g/mol. The summed E-state index contributed by atoms with van der Waals surface area (Å²) < 4.78 is 28.6. The van der Waals surface area contributed by atoms with Gasteiger partial charge in [0.2, 0.25) is 11.9 Å². The van der Waals surface area contributed by atoms with Gasteiger partial charge in [0.15, 0.2) is 0 Å². The van der Waals surface area contributed by atoms with Crippen LogP contribution in [0.3, 0.4) is 0 Å². The van der Waals surface area contributed by atoms with Crippen LogP contribution in [0.1, 0.15) is 104 Å². The SMILES string of the molecule is C#C.C=CC(CC(C)CNC)CC(N)/C(=N\c1ncc(C(/C=C/C=N)C2CCCC(F)(F)C2)[nH]1)C1CCCC(C)(C)C1.CCN.CN. The molecule has 268 valence electrons. The molecule has 3 rings (SSSR count). The summed E-state index contributed by atoms with van der Waals surface area (Å²) in [6.45, 7) is 14.6. The highest BCUT2D eigenvalue weighted by molar-refractivity contribution is 5.93. The second-order valence-electron chi connectivity index (χ2n) is 13.6. The van der Waals surface area contributed by atoms with Crippen molar-refractivity contribution >= 4 is 17.9 Å². The molecule has 2 saturated carbocycles. The van der Waals surface area contributed by atoms with Gasteiger partial charge in [0, 0.05) is 42.4 Å². The number of alkyl halides is 2. The number of terminal acetylenes is 1. The molecule has 1 heterocycles. The van der Waals surface area contributed by atoms with Crippen LogP contribution in [-0.4, -0.2) is 61.0 Å². The molecule has 0 saturated heterocycles. The number of imidazole rings is 1. The maximum absolute atomic E-state index is 14.3. The van der Waals surface area contributed by atoms with Crippen LogP contribution < -0.4 is 22.5 Å². The third kappa shape index (κ3) is 16.3. The Kier molecular flexibility index (Phi) is 22.2. The fourth-order valence-electron chi connectivity index (χ4n) is 6.99. The molecule has 2 aliphatic rings. The van der Waals surface area contributed by atoms with Gasteiger partial charge in [-0.25, -0.2) is 18.8 Å². The second-order valence-corrected chi connectivity index (χ2v) is 13.6. The molecule has 0 bridgehead atoms. The molecule has 1 aromatic rings. The van der Waals surface area contributed by atoms with Gasteiger partial charge in [-0.2, -0.15) is 0 Å². The van der Waals surface area contributed by atoms with E-state index in [0.717, 1.165) is 63.0 Å². The van der Waals surface area contributed by atoms with Crippen LogP contribution in [0.15, 0.2) is 36.0 Å². The molecular formula is C37H66F2N8. The number of aliphatic imine (C=N–C) groups is 1. The van der Waals surface area contributed by atoms with Gasteiger partial charge in [0.1, 0.15) is 0 Å². The van der Waals surface area contributed by atoms with E-state index in [4.69, 9.17) is 21.9 Å². The second kappa shape index (κ2) is 23.6. The Balaban J connectivity index is 0.00000280. The molecule has 6 atom stereocenters. The maximum Gasteiger partial charge on any atom is 0.248 e. The fraction of sp³-hybridized carbons (Fsp3) is 0.703. The zero-order valence-corrected chi connectivity index (χ0v) is 30.1. The maximum atomic E-state index is 14.3. The molecule has 47 heavy (non-hydrogen) atoms. The lowest BCUT2D eigenvalue weighted by Gasteiger charge is -2.37. The summed E-state index contributed by atoms with van der Waals surface area (Å²) in [6, 6.07) is -0.220. The van der Waals surface area contributed by atoms with Gasteiger partial charge < -0.3 is 32.9 Å². The Morgan fingerprint density at radius 3 is 2.40 bits per heavy atom. The van der Waals surface area contributed by atoms with Crippen LogP contribution in [-0.2, 0) is 0 Å². The number of hydrogen-bond donors (Lipinski definition) is 6. The van der Waals surface area contributed by atoms with Gasteiger partial charge in [-0.1, -0.05) is 46.3 Å². The molecule has 1 aromatic heterocycles. The summed E-state index contributed by atoms with van der Waals surface area (Å²) in [7, 11) is 3.48. The predicted molar refractivity (Wildman–Crippen MR) is 198 cm³/mol. The Morgan fingerprint density at radius 1 is 1.21 bits per heavy atom. The first-order chi connectivity index (χ1) is 22.4. The van der Waals surface area contributed by atoms with E-state index >= 15 is 0 Å². The van der Waals surface area contributed by atoms with E-state index in [1.165, 1.54) is 19.7 Å². The van der Waals surface area contributed by atoms with Crippen molar-refractivity contribution in [1.29, 1.82) is 5.41 Å². The van der Waals surface area contributed by atoms with E-state index in [2.05, 4.69) is 61.2 Å². The number of H-pyrrole nitrogens is 1. The van der Waals surface area contributed by atoms with Crippen molar-refractivity contribution in [2.45, 2.75) is 110 Å². The summed E-state index contributed by atoms with van der Waals surface area (Å²) in [5.74, 6) is -1.58. The zero-order chi connectivity index (χ0) is 36.0. The van der Waals surface area contributed by atoms with Gasteiger partial charge in [0.05, 0.1) is 6.20 Å². The lowest BCUT2D eigenvalue weighted by atomic mass is 9.69. The number of hydrogen-bond acceptors (Lipinski definition) is 7. The normalized spacial score (nSPS) is 22.9. The summed E-state index contributed by atoms with van der Waals surface area (Å²) in [4.78, 5) is 13.0. The molecule has 10 heteroatoms. The Hall–Kier alpha value is -2.71. The van der Waals surface area contributed by atoms with Gasteiger partial charge in [-0.3, -0.25) is 0 Å². The largest absolute Gasteiger partial charge is 0.333 e. The van der Waals surface area contributed by atoms with E-state index in [1.807, 2.05) is 26.1 Å². The van der Waals surface area contributed by atoms with E-state index in [0.29, 0.717) is 18.3 Å². The van der Waals surface area contributed by atoms with Gasteiger partial charge in [0.25, 0.3) is 0 Å². The molecule has 0 spiro atoms. The molecule has 0 radical (unpaired) electrons. The van der Waals surface area contributed by atoms with Crippen molar-refractivity contribution in [3.8, 4) is 12.8 Å². The van der Waals surface area contributed by atoms with E-state index in [-0.39, 0.29) is 48.0 Å². The molecule has 6 unspecified atom stereocenters. The Labute approximate surface area is 284 Å². The quantitative estimate of drug-likeness (QED) is 0.0699. The van der Waals surface area contributed by atoms with Crippen molar-refractivity contribution in [1.82, 2.24) is 15.3 Å². The van der Waals surface area contributed by atoms with E-state index < -0.39 is 5.92 Å². The number of nitrogens with zero attached hydrogens (tertiary/aromatic N) is 2. The molecule has 0 amide bonds. The molecule has 8 nitrogen and oxygen atoms in total. The highest BCUT2D eigenvalue weighted by atomic mass is 19.3. The van der Waals surface area contributed by atoms with Gasteiger partial charge in [-0.15, -0.1) is 19.4 Å². The monoisotopic (exact) mass is 661 g/mol. The summed E-state index contributed by atoms with van der Waals surface area (Å²) in [5, 5.41) is 10.7. The number of aromatic amines is 1. The van der Waals surface area contributed by atoms with Crippen molar-refractivity contribution in [3.63, 3.8) is 0 Å². The highest BCUT2D eigenvalue weighted by Gasteiger charge is 2.39. The summed E-state index contributed by atoms with van der Waals surface area (Å²) in [5.41, 5.74) is 18.3. The minimum atomic E-state index is -2.65. The minimum absolute atomic E-state index is 0.0541. The average Bonchev–Trinajstić information content (AvgIpc) is 3.49. The van der Waals surface area contributed by atoms with Crippen LogP contribution in [0, 0.1) is 47.3 Å². The number of aromatic nitrogens is 2. The number of rotatable bonds is 14. The topological polar surface area (TPSA) is 155 Å². The third-order valence-electron chi connectivity index (χ3n) is 8.93. The molecular weight excluding hydrogens is 594 g/mol. The predicted octanol–water partition coefficient (Wildman–Crippen LogP) is 7.37. The Morgan fingerprint density at radius 2 is 1.85 bits per heavy atom. The zero-order valence-electron chi connectivity index (χ0n) is 30.1. The van der Waals surface area contributed by atoms with E-state index in [1.54, 1.807) is 12.3 Å². The van der Waals surface area contributed by atoms with Crippen LogP contribution in [0.2, 0.25) is 0 Å². The number of allylic oxidation sites excluding steroid dienone is 3. The molecule has 2 aliphatic carbocycles. The first-order valence-corrected chi connectivity index (χ1v) is 17.2. The molecule has 0 aliphatic heterocycles. The fourth-order valence-corrected chi connectivity index (χ4v) is 6.99. The molecule has 9 N–H and O–H groups in total. The highest BCUT2D eigenvalue weighted by Crippen LogP contribution is 2.44. The lowest BCUT2D eigenvalue weighted by Crippen LogP contribution is -2.40. The molecule has 0 aromatic carbocycles. The van der Waals surface area contributed by atoms with Crippen LogP contribution in [0.5, 0.6) is 0 Å². The first kappa shape index (κ1) is 44.3. The van der Waals surface area contributed by atoms with Gasteiger partial charge in [-0.05, 0) is 107 Å². The minimum Gasteiger partial charge on any atom is -0.333 e. The van der Waals surface area contributed by atoms with E-state index in [9.17, 15) is 8.78 Å². The standard InChI is InChI=1S/C32H52F2N6.C2H7N.C2H2.CH5N/c1-6-23(16-22(2)20-37-5)17-27(36)29(25-11-7-13-31(3,4)18-25)40-30-38-21-28(39-30)26(12-9-15-35)24-10-8-14-32(33,34)19-24;1-2-3;2*1-2/h6,9,12,15,21-27,35,37H,1,7-8,10-11,13-14,16-20,36H2,2-5H3,(H,38,39);2-3H2,1H3;1-2H;2H2,1H3/b12-9+,35-15?,40-29-;;;. The van der Waals surface area contributed by atoms with Crippen molar-refractivity contribution in [3.05, 3.63) is 36.7 Å². The first-order valence-electron chi connectivity index (χ1n) is 17.2. The van der Waals surface area contributed by atoms with Crippen LogP contribution in [0.4, 0.5) is 14.7 Å². The van der Waals surface area contributed by atoms with Crippen LogP contribution >= 0.6 is 0 Å². The van der Waals surface area contributed by atoms with Crippen molar-refractivity contribution in [2.75, 3.05) is 27.2 Å². The van der Waals surface area contributed by atoms with Crippen molar-refractivity contribution in [2.24, 2.45) is 51.3 Å². The van der Waals surface area contributed by atoms with Crippen LogP contribution in [0.25, 0.3) is 0 Å². The number of nitrogens with two attached hydrogens (primary N) is 3. The number of nitrogens with one attached hydrogen (secondary N) is 3.